The van der Waals surface area contributed by atoms with Gasteiger partial charge in [0.15, 0.2) is 17.3 Å². The lowest BCUT2D eigenvalue weighted by atomic mass is 10.2. The van der Waals surface area contributed by atoms with Crippen molar-refractivity contribution in [3.63, 3.8) is 0 Å². The average molecular weight is 380 g/mol. The van der Waals surface area contributed by atoms with Crippen molar-refractivity contribution in [3.05, 3.63) is 64.6 Å². The van der Waals surface area contributed by atoms with E-state index in [-0.39, 0.29) is 5.91 Å². The molecular formula is C21H24N4O3. The van der Waals surface area contributed by atoms with Gasteiger partial charge in [0.2, 0.25) is 0 Å². The zero-order chi connectivity index (χ0) is 20.3. The van der Waals surface area contributed by atoms with Crippen LogP contribution in [-0.4, -0.2) is 34.9 Å². The summed E-state index contributed by atoms with van der Waals surface area (Å²) in [5, 5.41) is 7.38. The van der Waals surface area contributed by atoms with E-state index < -0.39 is 0 Å². The molecule has 28 heavy (non-hydrogen) atoms. The number of rotatable bonds is 6. The van der Waals surface area contributed by atoms with E-state index in [9.17, 15) is 4.79 Å². The molecule has 0 unspecified atom stereocenters. The second kappa shape index (κ2) is 8.12. The van der Waals surface area contributed by atoms with Crippen molar-refractivity contribution >= 4 is 5.91 Å². The molecule has 2 heterocycles. The summed E-state index contributed by atoms with van der Waals surface area (Å²) in [5.74, 6) is 1.76. The van der Waals surface area contributed by atoms with Gasteiger partial charge in [-0.2, -0.15) is 5.10 Å². The number of aryl methyl sites for hydroxylation is 1. The van der Waals surface area contributed by atoms with E-state index in [0.29, 0.717) is 29.4 Å². The molecule has 0 bridgehead atoms. The lowest BCUT2D eigenvalue weighted by Crippen LogP contribution is -2.23. The maximum atomic E-state index is 12.4. The van der Waals surface area contributed by atoms with Crippen molar-refractivity contribution in [1.82, 2.24) is 20.1 Å². The van der Waals surface area contributed by atoms with Gasteiger partial charge in [-0.05, 0) is 56.2 Å². The van der Waals surface area contributed by atoms with Crippen LogP contribution in [0.25, 0.3) is 5.82 Å². The van der Waals surface area contributed by atoms with E-state index >= 15 is 0 Å². The molecule has 1 amide bonds. The second-order valence-electron chi connectivity index (χ2n) is 6.48. The van der Waals surface area contributed by atoms with Crippen LogP contribution in [0.3, 0.4) is 0 Å². The van der Waals surface area contributed by atoms with Gasteiger partial charge < -0.3 is 14.8 Å². The minimum Gasteiger partial charge on any atom is -0.493 e. The quantitative estimate of drug-likeness (QED) is 0.711. The van der Waals surface area contributed by atoms with Crippen LogP contribution in [0.2, 0.25) is 0 Å². The number of hydrogen-bond donors (Lipinski definition) is 1. The van der Waals surface area contributed by atoms with Crippen molar-refractivity contribution in [1.29, 1.82) is 0 Å². The summed E-state index contributed by atoms with van der Waals surface area (Å²) in [6, 6.07) is 9.08. The first kappa shape index (κ1) is 19.4. The Hall–Kier alpha value is -3.35. The van der Waals surface area contributed by atoms with Crippen molar-refractivity contribution in [3.8, 4) is 17.3 Å². The number of amides is 1. The molecule has 7 heteroatoms. The Balaban J connectivity index is 1.69. The molecule has 0 spiro atoms. The molecule has 0 saturated heterocycles. The highest BCUT2D eigenvalue weighted by Crippen LogP contribution is 2.27. The molecule has 1 N–H and O–H groups in total. The first-order valence-electron chi connectivity index (χ1n) is 8.93. The normalized spacial score (nSPS) is 10.6. The van der Waals surface area contributed by atoms with Gasteiger partial charge in [0.25, 0.3) is 5.91 Å². The molecule has 0 radical (unpaired) electrons. The lowest BCUT2D eigenvalue weighted by Gasteiger charge is -2.10. The maximum absolute atomic E-state index is 12.4. The van der Waals surface area contributed by atoms with E-state index in [1.165, 1.54) is 0 Å². The number of benzene rings is 1. The number of nitrogens with zero attached hydrogens (tertiary/aromatic N) is 3. The summed E-state index contributed by atoms with van der Waals surface area (Å²) >= 11 is 0. The summed E-state index contributed by atoms with van der Waals surface area (Å²) in [4.78, 5) is 16.8. The summed E-state index contributed by atoms with van der Waals surface area (Å²) in [6.45, 7) is 6.37. The van der Waals surface area contributed by atoms with Gasteiger partial charge in [-0.15, -0.1) is 0 Å². The van der Waals surface area contributed by atoms with Gasteiger partial charge in [0.1, 0.15) is 0 Å². The van der Waals surface area contributed by atoms with Crippen LogP contribution in [-0.2, 0) is 6.54 Å². The predicted octanol–water partition coefficient (Wildman–Crippen LogP) is 3.14. The highest BCUT2D eigenvalue weighted by Gasteiger charge is 2.12. The molecule has 0 aliphatic heterocycles. The molecular weight excluding hydrogens is 356 g/mol. The molecule has 0 saturated carbocycles. The van der Waals surface area contributed by atoms with Crippen molar-refractivity contribution in [2.24, 2.45) is 0 Å². The lowest BCUT2D eigenvalue weighted by molar-refractivity contribution is 0.0950. The van der Waals surface area contributed by atoms with E-state index in [4.69, 9.17) is 9.47 Å². The molecule has 7 nitrogen and oxygen atoms in total. The Morgan fingerprint density at radius 3 is 2.39 bits per heavy atom. The van der Waals surface area contributed by atoms with E-state index in [1.54, 1.807) is 37.2 Å². The van der Waals surface area contributed by atoms with Gasteiger partial charge in [-0.25, -0.2) is 9.67 Å². The van der Waals surface area contributed by atoms with Crippen LogP contribution in [0.5, 0.6) is 11.5 Å². The number of carbonyl (C=O) groups excluding carboxylic acids is 1. The zero-order valence-corrected chi connectivity index (χ0v) is 16.7. The Bertz CT molecular complexity index is 994. The summed E-state index contributed by atoms with van der Waals surface area (Å²) in [5.41, 5.74) is 4.54. The smallest absolute Gasteiger partial charge is 0.253 e. The predicted molar refractivity (Wildman–Crippen MR) is 106 cm³/mol. The largest absolute Gasteiger partial charge is 0.493 e. The highest BCUT2D eigenvalue weighted by molar-refractivity contribution is 5.93. The number of methoxy groups -OCH3 is 2. The Morgan fingerprint density at radius 1 is 1.07 bits per heavy atom. The number of aromatic nitrogens is 3. The standard InChI is InChI=1S/C21H24N4O3/c1-13-14(2)24-25(15(13)3)20-9-7-17(12-22-20)21(26)23-11-16-6-8-18(27-4)19(10-16)28-5/h6-10,12H,11H2,1-5H3,(H,23,26). The fourth-order valence-electron chi connectivity index (χ4n) is 2.86. The number of hydrogen-bond acceptors (Lipinski definition) is 5. The van der Waals surface area contributed by atoms with Gasteiger partial charge in [0.05, 0.1) is 25.5 Å². The molecule has 3 rings (SSSR count). The molecule has 0 fully saturated rings. The molecule has 2 aromatic heterocycles. The number of nitrogens with one attached hydrogen (secondary N) is 1. The van der Waals surface area contributed by atoms with Crippen molar-refractivity contribution < 1.29 is 14.3 Å². The summed E-state index contributed by atoms with van der Waals surface area (Å²) in [7, 11) is 3.17. The minimum atomic E-state index is -0.196. The number of pyridine rings is 1. The van der Waals surface area contributed by atoms with Gasteiger partial charge in [-0.1, -0.05) is 6.07 Å². The fourth-order valence-corrected chi connectivity index (χ4v) is 2.86. The highest BCUT2D eigenvalue weighted by atomic mass is 16.5. The first-order valence-corrected chi connectivity index (χ1v) is 8.93. The van der Waals surface area contributed by atoms with E-state index in [1.807, 2.05) is 39.0 Å². The Kier molecular flexibility index (Phi) is 5.63. The van der Waals surface area contributed by atoms with Crippen LogP contribution < -0.4 is 14.8 Å². The third kappa shape index (κ3) is 3.83. The Labute approximate surface area is 164 Å². The van der Waals surface area contributed by atoms with Crippen LogP contribution in [0.15, 0.2) is 36.5 Å². The van der Waals surface area contributed by atoms with Crippen LogP contribution in [0, 0.1) is 20.8 Å². The minimum absolute atomic E-state index is 0.196. The third-order valence-corrected chi connectivity index (χ3v) is 4.78. The SMILES string of the molecule is COc1ccc(CNC(=O)c2ccc(-n3nc(C)c(C)c3C)nc2)cc1OC. The van der Waals surface area contributed by atoms with Crippen LogP contribution >= 0.6 is 0 Å². The zero-order valence-electron chi connectivity index (χ0n) is 16.7. The van der Waals surface area contributed by atoms with Crippen molar-refractivity contribution in [2.45, 2.75) is 27.3 Å². The van der Waals surface area contributed by atoms with Crippen LogP contribution in [0.1, 0.15) is 32.9 Å². The topological polar surface area (TPSA) is 78.3 Å². The summed E-state index contributed by atoms with van der Waals surface area (Å²) in [6.07, 6.45) is 1.56. The molecule has 0 aliphatic rings. The van der Waals surface area contributed by atoms with E-state index in [2.05, 4.69) is 15.4 Å². The average Bonchev–Trinajstić information content (AvgIpc) is 2.99. The van der Waals surface area contributed by atoms with Gasteiger partial charge in [0, 0.05) is 18.4 Å². The monoisotopic (exact) mass is 380 g/mol. The maximum Gasteiger partial charge on any atom is 0.253 e. The van der Waals surface area contributed by atoms with Crippen LogP contribution in [0.4, 0.5) is 0 Å². The molecule has 0 atom stereocenters. The van der Waals surface area contributed by atoms with Gasteiger partial charge in [-0.3, -0.25) is 4.79 Å². The number of carbonyl (C=O) groups is 1. The summed E-state index contributed by atoms with van der Waals surface area (Å²) < 4.78 is 12.3. The fraction of sp³-hybridized carbons (Fsp3) is 0.286. The van der Waals surface area contributed by atoms with Gasteiger partial charge >= 0.3 is 0 Å². The Morgan fingerprint density at radius 2 is 1.82 bits per heavy atom. The van der Waals surface area contributed by atoms with Crippen molar-refractivity contribution in [2.75, 3.05) is 14.2 Å². The van der Waals surface area contributed by atoms with E-state index in [0.717, 1.165) is 22.5 Å². The second-order valence-corrected chi connectivity index (χ2v) is 6.48. The first-order chi connectivity index (χ1) is 13.4. The molecule has 1 aromatic carbocycles. The molecule has 146 valence electrons. The molecule has 3 aromatic rings. The number of ether oxygens (including phenoxy) is 2. The third-order valence-electron chi connectivity index (χ3n) is 4.78. The molecule has 0 aliphatic carbocycles.